The molecule has 0 bridgehead atoms. The Morgan fingerprint density at radius 1 is 1.19 bits per heavy atom. The van der Waals surface area contributed by atoms with Gasteiger partial charge < -0.3 is 30.3 Å². The molecule has 2 fully saturated rings. The van der Waals surface area contributed by atoms with E-state index in [0.717, 1.165) is 52.0 Å². The summed E-state index contributed by atoms with van der Waals surface area (Å²) in [7, 11) is 3.18. The number of hydrogen-bond donors (Lipinski definition) is 2. The summed E-state index contributed by atoms with van der Waals surface area (Å²) >= 11 is 6.12. The van der Waals surface area contributed by atoms with Crippen LogP contribution in [0.2, 0.25) is 5.02 Å². The van der Waals surface area contributed by atoms with Gasteiger partial charge in [0.05, 0.1) is 35.5 Å². The summed E-state index contributed by atoms with van der Waals surface area (Å²) in [5, 5.41) is 3.41. The second kappa shape index (κ2) is 11.2. The molecule has 2 amide bonds. The molecule has 0 saturated carbocycles. The van der Waals surface area contributed by atoms with Gasteiger partial charge in [-0.2, -0.15) is 0 Å². The number of nitrogens with one attached hydrogen (secondary N) is 1. The molecular weight excluding hydrogens is 432 g/mol. The van der Waals surface area contributed by atoms with Crippen LogP contribution in [0.3, 0.4) is 0 Å². The second-order valence-electron chi connectivity index (χ2n) is 8.65. The molecule has 2 heterocycles. The molecule has 32 heavy (non-hydrogen) atoms. The number of likely N-dealkylation sites (tertiary alicyclic amines) is 2. The predicted octanol–water partition coefficient (Wildman–Crippen LogP) is 2.40. The Labute approximate surface area is 195 Å². The second-order valence-corrected chi connectivity index (χ2v) is 9.06. The van der Waals surface area contributed by atoms with E-state index in [-0.39, 0.29) is 24.0 Å². The zero-order valence-corrected chi connectivity index (χ0v) is 20.0. The lowest BCUT2D eigenvalue weighted by Gasteiger charge is -2.41. The SMILES string of the molecule is CCC(=O)N1CCC(CN2CC[C@@H](NC(=O)c3cc(Cl)c(N)cc3OC)[C@@H](OC)C2)CC1. The van der Waals surface area contributed by atoms with Gasteiger partial charge >= 0.3 is 0 Å². The third-order valence-corrected chi connectivity index (χ3v) is 6.94. The summed E-state index contributed by atoms with van der Waals surface area (Å²) in [5.41, 5.74) is 6.55. The van der Waals surface area contributed by atoms with Gasteiger partial charge in [-0.3, -0.25) is 9.59 Å². The highest BCUT2D eigenvalue weighted by atomic mass is 35.5. The number of benzene rings is 1. The average molecular weight is 467 g/mol. The van der Waals surface area contributed by atoms with E-state index in [9.17, 15) is 9.59 Å². The molecule has 2 aliphatic heterocycles. The summed E-state index contributed by atoms with van der Waals surface area (Å²) in [6.45, 7) is 6.26. The van der Waals surface area contributed by atoms with Crippen LogP contribution in [0.4, 0.5) is 5.69 Å². The van der Waals surface area contributed by atoms with Crippen LogP contribution in [-0.4, -0.2) is 80.7 Å². The quantitative estimate of drug-likeness (QED) is 0.599. The molecule has 9 heteroatoms. The summed E-state index contributed by atoms with van der Waals surface area (Å²) < 4.78 is 11.0. The van der Waals surface area contributed by atoms with Crippen LogP contribution in [0.25, 0.3) is 0 Å². The minimum Gasteiger partial charge on any atom is -0.496 e. The van der Waals surface area contributed by atoms with Crippen molar-refractivity contribution in [1.29, 1.82) is 0 Å². The fourth-order valence-corrected chi connectivity index (χ4v) is 4.83. The number of rotatable bonds is 7. The van der Waals surface area contributed by atoms with Gasteiger partial charge in [-0.15, -0.1) is 0 Å². The third kappa shape index (κ3) is 5.85. The van der Waals surface area contributed by atoms with Gasteiger partial charge in [0.25, 0.3) is 5.91 Å². The lowest BCUT2D eigenvalue weighted by Crippen LogP contribution is -2.55. The number of piperidine rings is 2. The molecule has 0 radical (unpaired) electrons. The Kier molecular flexibility index (Phi) is 8.62. The molecule has 0 unspecified atom stereocenters. The largest absolute Gasteiger partial charge is 0.496 e. The van der Waals surface area contributed by atoms with Crippen molar-refractivity contribution in [2.75, 3.05) is 52.7 Å². The van der Waals surface area contributed by atoms with Crippen molar-refractivity contribution in [3.8, 4) is 5.75 Å². The standard InChI is InChI=1S/C23H35ClN4O4/c1-4-22(29)28-9-5-15(6-10-28)13-27-8-7-19(21(14-27)32-3)26-23(30)16-11-17(24)18(25)12-20(16)31-2/h11-12,15,19,21H,4-10,13-14,25H2,1-3H3,(H,26,30)/t19-,21+/m1/s1. The fourth-order valence-electron chi connectivity index (χ4n) is 4.67. The van der Waals surface area contributed by atoms with Crippen molar-refractivity contribution >= 4 is 29.1 Å². The minimum atomic E-state index is -0.253. The highest BCUT2D eigenvalue weighted by molar-refractivity contribution is 6.33. The van der Waals surface area contributed by atoms with Crippen LogP contribution in [0.1, 0.15) is 43.0 Å². The fraction of sp³-hybridized carbons (Fsp3) is 0.652. The summed E-state index contributed by atoms with van der Waals surface area (Å²) in [5.74, 6) is 0.972. The van der Waals surface area contributed by atoms with Crippen LogP contribution in [-0.2, 0) is 9.53 Å². The first-order chi connectivity index (χ1) is 15.4. The van der Waals surface area contributed by atoms with Crippen LogP contribution in [0.5, 0.6) is 5.75 Å². The Balaban J connectivity index is 1.54. The first-order valence-corrected chi connectivity index (χ1v) is 11.7. The number of methoxy groups -OCH3 is 2. The van der Waals surface area contributed by atoms with E-state index in [1.807, 2.05) is 11.8 Å². The minimum absolute atomic E-state index is 0.103. The van der Waals surface area contributed by atoms with Crippen molar-refractivity contribution in [2.24, 2.45) is 5.92 Å². The average Bonchev–Trinajstić information content (AvgIpc) is 2.81. The van der Waals surface area contributed by atoms with Gasteiger partial charge in [0.1, 0.15) is 5.75 Å². The number of nitrogen functional groups attached to an aromatic ring is 1. The topological polar surface area (TPSA) is 97.1 Å². The van der Waals surface area contributed by atoms with E-state index in [2.05, 4.69) is 10.2 Å². The summed E-state index contributed by atoms with van der Waals surface area (Å²) in [4.78, 5) is 29.2. The van der Waals surface area contributed by atoms with E-state index in [1.54, 1.807) is 13.2 Å². The monoisotopic (exact) mass is 466 g/mol. The molecule has 2 atom stereocenters. The number of anilines is 1. The molecule has 0 spiro atoms. The number of nitrogens with zero attached hydrogens (tertiary/aromatic N) is 2. The van der Waals surface area contributed by atoms with Gasteiger partial charge in [-0.25, -0.2) is 0 Å². The van der Waals surface area contributed by atoms with Gasteiger partial charge in [0, 0.05) is 52.3 Å². The predicted molar refractivity (Wildman–Crippen MR) is 125 cm³/mol. The first-order valence-electron chi connectivity index (χ1n) is 11.3. The Morgan fingerprint density at radius 3 is 2.53 bits per heavy atom. The van der Waals surface area contributed by atoms with Crippen molar-refractivity contribution in [1.82, 2.24) is 15.1 Å². The van der Waals surface area contributed by atoms with E-state index in [0.29, 0.717) is 34.4 Å². The number of amides is 2. The van der Waals surface area contributed by atoms with Crippen LogP contribution in [0, 0.1) is 5.92 Å². The van der Waals surface area contributed by atoms with E-state index in [1.165, 1.54) is 13.2 Å². The molecule has 1 aromatic rings. The van der Waals surface area contributed by atoms with Gasteiger partial charge in [-0.05, 0) is 31.2 Å². The highest BCUT2D eigenvalue weighted by Crippen LogP contribution is 2.29. The van der Waals surface area contributed by atoms with E-state index >= 15 is 0 Å². The molecule has 1 aromatic carbocycles. The van der Waals surface area contributed by atoms with Crippen LogP contribution in [0.15, 0.2) is 12.1 Å². The maximum atomic E-state index is 12.9. The molecule has 3 rings (SSSR count). The number of hydrogen-bond acceptors (Lipinski definition) is 6. The normalized spacial score (nSPS) is 22.6. The maximum Gasteiger partial charge on any atom is 0.255 e. The molecular formula is C23H35ClN4O4. The Morgan fingerprint density at radius 2 is 1.91 bits per heavy atom. The molecule has 2 aliphatic rings. The zero-order chi connectivity index (χ0) is 23.3. The molecule has 0 aromatic heterocycles. The van der Waals surface area contributed by atoms with Crippen LogP contribution >= 0.6 is 11.6 Å². The zero-order valence-electron chi connectivity index (χ0n) is 19.2. The van der Waals surface area contributed by atoms with Gasteiger partial charge in [0.15, 0.2) is 0 Å². The number of ether oxygens (including phenoxy) is 2. The number of nitrogens with two attached hydrogens (primary N) is 1. The smallest absolute Gasteiger partial charge is 0.255 e. The number of carbonyl (C=O) groups is 2. The van der Waals surface area contributed by atoms with Crippen molar-refractivity contribution < 1.29 is 19.1 Å². The lowest BCUT2D eigenvalue weighted by molar-refractivity contribution is -0.132. The summed E-state index contributed by atoms with van der Waals surface area (Å²) in [6, 6.07) is 3.00. The molecule has 8 nitrogen and oxygen atoms in total. The van der Waals surface area contributed by atoms with Crippen LogP contribution < -0.4 is 15.8 Å². The molecule has 0 aliphatic carbocycles. The maximum absolute atomic E-state index is 12.9. The molecule has 2 saturated heterocycles. The van der Waals surface area contributed by atoms with E-state index in [4.69, 9.17) is 26.8 Å². The third-order valence-electron chi connectivity index (χ3n) is 6.61. The lowest BCUT2D eigenvalue weighted by atomic mass is 9.93. The number of carbonyl (C=O) groups excluding carboxylic acids is 2. The Hall–Kier alpha value is -2.03. The molecule has 3 N–H and O–H groups in total. The molecule has 178 valence electrons. The van der Waals surface area contributed by atoms with Crippen molar-refractivity contribution in [3.05, 3.63) is 22.7 Å². The summed E-state index contributed by atoms with van der Waals surface area (Å²) in [6.07, 6.45) is 3.34. The van der Waals surface area contributed by atoms with Gasteiger partial charge in [0.2, 0.25) is 5.91 Å². The van der Waals surface area contributed by atoms with E-state index < -0.39 is 0 Å². The van der Waals surface area contributed by atoms with Crippen molar-refractivity contribution in [2.45, 2.75) is 44.8 Å². The number of halogens is 1. The van der Waals surface area contributed by atoms with Crippen molar-refractivity contribution in [3.63, 3.8) is 0 Å². The van der Waals surface area contributed by atoms with Gasteiger partial charge in [-0.1, -0.05) is 18.5 Å². The first kappa shape index (κ1) is 24.6. The Bertz CT molecular complexity index is 813. The highest BCUT2D eigenvalue weighted by Gasteiger charge is 2.33.